The number of fused-ring (bicyclic) bond motifs is 1. The SMILES string of the molecule is c1ccc(C2Cn3cccc3C2(c2ccccc2)C2CCCCOCC2)cc1. The Bertz CT molecular complexity index is 892. The van der Waals surface area contributed by atoms with Crippen molar-refractivity contribution in [2.24, 2.45) is 5.92 Å². The molecule has 1 fully saturated rings. The Kier molecular flexibility index (Phi) is 4.82. The maximum Gasteiger partial charge on any atom is 0.0469 e. The first-order valence-electron chi connectivity index (χ1n) is 10.7. The molecule has 3 atom stereocenters. The van der Waals surface area contributed by atoms with Gasteiger partial charge in [0.05, 0.1) is 0 Å². The van der Waals surface area contributed by atoms with E-state index in [2.05, 4.69) is 83.6 Å². The van der Waals surface area contributed by atoms with Crippen LogP contribution in [0.1, 0.15) is 48.4 Å². The highest BCUT2D eigenvalue weighted by molar-refractivity contribution is 5.47. The predicted molar refractivity (Wildman–Crippen MR) is 114 cm³/mol. The molecule has 2 aliphatic heterocycles. The second-order valence-corrected chi connectivity index (χ2v) is 8.34. The molecule has 2 aromatic carbocycles. The van der Waals surface area contributed by atoms with Crippen LogP contribution in [0.3, 0.4) is 0 Å². The highest BCUT2D eigenvalue weighted by atomic mass is 16.5. The first-order chi connectivity index (χ1) is 13.9. The molecular weight excluding hydrogens is 342 g/mol. The van der Waals surface area contributed by atoms with Crippen molar-refractivity contribution in [2.45, 2.75) is 43.6 Å². The second-order valence-electron chi connectivity index (χ2n) is 8.34. The van der Waals surface area contributed by atoms with Crippen molar-refractivity contribution in [2.75, 3.05) is 13.2 Å². The lowest BCUT2D eigenvalue weighted by molar-refractivity contribution is 0.0818. The summed E-state index contributed by atoms with van der Waals surface area (Å²) in [6, 6.07) is 27.1. The minimum Gasteiger partial charge on any atom is -0.381 e. The fourth-order valence-electron chi connectivity index (χ4n) is 5.84. The largest absolute Gasteiger partial charge is 0.381 e. The van der Waals surface area contributed by atoms with Gasteiger partial charge >= 0.3 is 0 Å². The molecule has 5 rings (SSSR count). The molecule has 0 radical (unpaired) electrons. The maximum atomic E-state index is 5.95. The first-order valence-corrected chi connectivity index (χ1v) is 10.7. The normalized spacial score (nSPS) is 27.7. The molecule has 28 heavy (non-hydrogen) atoms. The van der Waals surface area contributed by atoms with Crippen LogP contribution in [-0.4, -0.2) is 17.8 Å². The number of ether oxygens (including phenoxy) is 1. The van der Waals surface area contributed by atoms with E-state index in [4.69, 9.17) is 4.74 Å². The number of aromatic nitrogens is 1. The van der Waals surface area contributed by atoms with Gasteiger partial charge in [-0.15, -0.1) is 0 Å². The van der Waals surface area contributed by atoms with Crippen molar-refractivity contribution in [1.82, 2.24) is 4.57 Å². The third-order valence-electron chi connectivity index (χ3n) is 6.98. The first kappa shape index (κ1) is 17.8. The van der Waals surface area contributed by atoms with Crippen molar-refractivity contribution < 1.29 is 4.74 Å². The van der Waals surface area contributed by atoms with Gasteiger partial charge in [-0.3, -0.25) is 0 Å². The maximum absolute atomic E-state index is 5.95. The molecular formula is C26H29NO. The number of hydrogen-bond acceptors (Lipinski definition) is 1. The van der Waals surface area contributed by atoms with Crippen molar-refractivity contribution in [3.05, 3.63) is 95.8 Å². The van der Waals surface area contributed by atoms with Gasteiger partial charge in [-0.2, -0.15) is 0 Å². The molecule has 0 saturated carbocycles. The van der Waals surface area contributed by atoms with E-state index in [0.29, 0.717) is 11.8 Å². The summed E-state index contributed by atoms with van der Waals surface area (Å²) in [5.74, 6) is 1.04. The van der Waals surface area contributed by atoms with Crippen molar-refractivity contribution in [3.8, 4) is 0 Å². The Morgan fingerprint density at radius 2 is 1.57 bits per heavy atom. The fraction of sp³-hybridized carbons (Fsp3) is 0.385. The zero-order valence-corrected chi connectivity index (χ0v) is 16.5. The van der Waals surface area contributed by atoms with Gasteiger partial charge in [0, 0.05) is 43.0 Å². The summed E-state index contributed by atoms with van der Waals surface area (Å²) in [5, 5.41) is 0. The Hall–Kier alpha value is -2.32. The summed E-state index contributed by atoms with van der Waals surface area (Å²) in [6.45, 7) is 2.85. The second kappa shape index (κ2) is 7.60. The minimum atomic E-state index is 0.00676. The van der Waals surface area contributed by atoms with Gasteiger partial charge in [0.1, 0.15) is 0 Å². The van der Waals surface area contributed by atoms with Crippen LogP contribution in [0.25, 0.3) is 0 Å². The van der Waals surface area contributed by atoms with Gasteiger partial charge in [-0.05, 0) is 48.4 Å². The van der Waals surface area contributed by atoms with Crippen LogP contribution in [0.5, 0.6) is 0 Å². The van der Waals surface area contributed by atoms with E-state index >= 15 is 0 Å². The summed E-state index contributed by atoms with van der Waals surface area (Å²) < 4.78 is 8.45. The molecule has 3 unspecified atom stereocenters. The van der Waals surface area contributed by atoms with E-state index in [-0.39, 0.29) is 5.41 Å². The molecule has 0 aliphatic carbocycles. The highest BCUT2D eigenvalue weighted by Gasteiger charge is 2.53. The van der Waals surface area contributed by atoms with Gasteiger partial charge in [0.15, 0.2) is 0 Å². The van der Waals surface area contributed by atoms with E-state index in [0.717, 1.165) is 26.2 Å². The lowest BCUT2D eigenvalue weighted by Gasteiger charge is -2.44. The van der Waals surface area contributed by atoms with Crippen LogP contribution in [-0.2, 0) is 16.7 Å². The number of rotatable bonds is 3. The van der Waals surface area contributed by atoms with E-state index in [1.54, 1.807) is 0 Å². The van der Waals surface area contributed by atoms with Gasteiger partial charge in [-0.1, -0.05) is 67.1 Å². The molecule has 2 aliphatic rings. The smallest absolute Gasteiger partial charge is 0.0469 e. The van der Waals surface area contributed by atoms with Gasteiger partial charge in [0.25, 0.3) is 0 Å². The summed E-state index contributed by atoms with van der Waals surface area (Å²) in [6.07, 6.45) is 7.10. The standard InChI is InChI=1S/C26H29NO/c1-3-10-21(11-4-1)24-20-27-17-9-15-25(27)26(24,22-12-5-2-6-13-22)23-14-7-8-18-28-19-16-23/h1-6,9-13,15,17,23-24H,7-8,14,16,18-20H2. The van der Waals surface area contributed by atoms with E-state index in [1.807, 2.05) is 0 Å². The fourth-order valence-corrected chi connectivity index (χ4v) is 5.84. The van der Waals surface area contributed by atoms with Crippen LogP contribution in [0.2, 0.25) is 0 Å². The zero-order valence-electron chi connectivity index (χ0n) is 16.5. The summed E-state index contributed by atoms with van der Waals surface area (Å²) >= 11 is 0. The molecule has 0 amide bonds. The average Bonchev–Trinajstić information content (AvgIpc) is 3.30. The summed E-state index contributed by atoms with van der Waals surface area (Å²) in [4.78, 5) is 0. The van der Waals surface area contributed by atoms with E-state index in [9.17, 15) is 0 Å². The molecule has 2 nitrogen and oxygen atoms in total. The molecule has 2 heteroatoms. The van der Waals surface area contributed by atoms with E-state index < -0.39 is 0 Å². The molecule has 0 spiro atoms. The van der Waals surface area contributed by atoms with Crippen LogP contribution in [0, 0.1) is 5.92 Å². The molecule has 144 valence electrons. The molecule has 3 aromatic rings. The van der Waals surface area contributed by atoms with Gasteiger partial charge in [-0.25, -0.2) is 0 Å². The monoisotopic (exact) mass is 371 g/mol. The Balaban J connectivity index is 1.72. The van der Waals surface area contributed by atoms with Crippen molar-refractivity contribution in [3.63, 3.8) is 0 Å². The van der Waals surface area contributed by atoms with Crippen molar-refractivity contribution in [1.29, 1.82) is 0 Å². The van der Waals surface area contributed by atoms with Gasteiger partial charge < -0.3 is 9.30 Å². The lowest BCUT2D eigenvalue weighted by atomic mass is 9.58. The Labute approximate surface area is 168 Å². The van der Waals surface area contributed by atoms with Gasteiger partial charge in [0.2, 0.25) is 0 Å². The van der Waals surface area contributed by atoms with Crippen molar-refractivity contribution >= 4 is 0 Å². The summed E-state index contributed by atoms with van der Waals surface area (Å²) in [7, 11) is 0. The number of hydrogen-bond donors (Lipinski definition) is 0. The molecule has 1 saturated heterocycles. The van der Waals surface area contributed by atoms with Crippen LogP contribution < -0.4 is 0 Å². The Morgan fingerprint density at radius 3 is 2.39 bits per heavy atom. The molecule has 0 N–H and O–H groups in total. The topological polar surface area (TPSA) is 14.2 Å². The third kappa shape index (κ3) is 2.82. The van der Waals surface area contributed by atoms with Crippen LogP contribution >= 0.6 is 0 Å². The number of nitrogens with zero attached hydrogens (tertiary/aromatic N) is 1. The zero-order chi connectivity index (χ0) is 18.8. The highest BCUT2D eigenvalue weighted by Crippen LogP contribution is 2.56. The molecule has 1 aromatic heterocycles. The van der Waals surface area contributed by atoms with Crippen LogP contribution in [0.15, 0.2) is 79.0 Å². The third-order valence-corrected chi connectivity index (χ3v) is 6.98. The Morgan fingerprint density at radius 1 is 0.786 bits per heavy atom. The lowest BCUT2D eigenvalue weighted by Crippen LogP contribution is -2.41. The van der Waals surface area contributed by atoms with Crippen LogP contribution in [0.4, 0.5) is 0 Å². The quantitative estimate of drug-likeness (QED) is 0.569. The molecule has 0 bridgehead atoms. The minimum absolute atomic E-state index is 0.00676. The predicted octanol–water partition coefficient (Wildman–Crippen LogP) is 5.78. The number of benzene rings is 2. The average molecular weight is 372 g/mol. The van der Waals surface area contributed by atoms with E-state index in [1.165, 1.54) is 36.1 Å². The molecule has 3 heterocycles. The summed E-state index contributed by atoms with van der Waals surface area (Å²) in [5.41, 5.74) is 4.41.